The third kappa shape index (κ3) is 10.1. The quantitative estimate of drug-likeness (QED) is 0.254. The largest absolute Gasteiger partial charge is 0.493 e. The second-order valence-electron chi connectivity index (χ2n) is 16.2. The zero-order valence-corrected chi connectivity index (χ0v) is 31.6. The van der Waals surface area contributed by atoms with E-state index in [0.29, 0.717) is 49.3 Å². The van der Waals surface area contributed by atoms with Gasteiger partial charge in [0.15, 0.2) is 0 Å². The predicted octanol–water partition coefficient (Wildman–Crippen LogP) is 3.86. The number of likely N-dealkylation sites (tertiary alicyclic amines) is 1. The van der Waals surface area contributed by atoms with Gasteiger partial charge in [-0.05, 0) is 92.5 Å². The number of carbonyl (C=O) groups is 4. The summed E-state index contributed by atoms with van der Waals surface area (Å²) in [6.07, 6.45) is 4.42. The van der Waals surface area contributed by atoms with Crippen LogP contribution in [-0.4, -0.2) is 89.7 Å². The van der Waals surface area contributed by atoms with E-state index in [4.69, 9.17) is 15.2 Å². The van der Waals surface area contributed by atoms with Gasteiger partial charge in [0, 0.05) is 25.0 Å². The molecule has 7 rings (SSSR count). The summed E-state index contributed by atoms with van der Waals surface area (Å²) in [6, 6.07) is 15.9. The molecule has 6 atom stereocenters. The molecule has 290 valence electrons. The fourth-order valence-electron chi connectivity index (χ4n) is 8.13. The van der Waals surface area contributed by atoms with E-state index >= 15 is 0 Å². The standard InChI is InChI=1S/C42H55N5O7/c1-42(2,3)46-41(52)35-21-28-10-6-7-12-30(28)24-47(35)25-36(48)33-19-26-13-15-31(16-14-26)53-17-8-18-54-37-22-29-11-5-4-9-27(29)20-32(37)39(50)45-34(23-38(43)49)40(51)44-33/h4-5,9,11,13-16,20,22,28,30,33-36,48H,6-8,10,12,17-19,21,23-25H2,1-3H3,(H2,43,49)(H,44,51)(H,45,50)(H,46,52)/t28-,30+,33-,34-,35-,36+/m0/s1. The number of aliphatic hydroxyl groups excluding tert-OH is 1. The Morgan fingerprint density at radius 2 is 1.63 bits per heavy atom. The minimum Gasteiger partial charge on any atom is -0.493 e. The minimum absolute atomic E-state index is 0.0654. The summed E-state index contributed by atoms with van der Waals surface area (Å²) in [5.74, 6) is -0.241. The summed E-state index contributed by atoms with van der Waals surface area (Å²) in [5.41, 5.74) is 6.23. The number of rotatable bonds is 6. The fourth-order valence-corrected chi connectivity index (χ4v) is 8.13. The summed E-state index contributed by atoms with van der Waals surface area (Å²) in [7, 11) is 0. The third-order valence-corrected chi connectivity index (χ3v) is 10.8. The first-order valence-corrected chi connectivity index (χ1v) is 19.3. The van der Waals surface area contributed by atoms with Gasteiger partial charge in [-0.1, -0.05) is 55.7 Å². The molecule has 3 aromatic carbocycles. The van der Waals surface area contributed by atoms with Crippen molar-refractivity contribution in [1.82, 2.24) is 20.9 Å². The van der Waals surface area contributed by atoms with Crippen LogP contribution in [0.2, 0.25) is 0 Å². The van der Waals surface area contributed by atoms with Crippen LogP contribution in [-0.2, 0) is 20.8 Å². The van der Waals surface area contributed by atoms with E-state index in [1.165, 1.54) is 0 Å². The highest BCUT2D eigenvalue weighted by molar-refractivity contribution is 6.04. The third-order valence-electron chi connectivity index (χ3n) is 10.8. The number of benzene rings is 3. The number of fused-ring (bicyclic) bond motifs is 14. The summed E-state index contributed by atoms with van der Waals surface area (Å²) in [5, 5.41) is 22.6. The number of hydrogen-bond acceptors (Lipinski definition) is 8. The zero-order chi connectivity index (χ0) is 38.4. The Morgan fingerprint density at radius 1 is 0.944 bits per heavy atom. The molecule has 0 spiro atoms. The van der Waals surface area contributed by atoms with Gasteiger partial charge in [0.05, 0.1) is 43.4 Å². The SMILES string of the molecule is CC(C)(C)NC(=O)[C@@H]1C[C@@H]2CCCC[C@@H]2CN1C[C@@H](O)[C@@H]1Cc2ccc(cc2)OCCCOc2cc3ccccc3cc2C(=O)N[C@@H](CC(N)=O)C(=O)N1. The number of aliphatic hydroxyl groups is 1. The van der Waals surface area contributed by atoms with Crippen molar-refractivity contribution in [3.05, 3.63) is 71.8 Å². The lowest BCUT2D eigenvalue weighted by molar-refractivity contribution is -0.133. The molecule has 12 nitrogen and oxygen atoms in total. The van der Waals surface area contributed by atoms with Crippen molar-refractivity contribution < 1.29 is 33.8 Å². The Balaban J connectivity index is 1.30. The maximum atomic E-state index is 14.1. The van der Waals surface area contributed by atoms with Crippen molar-refractivity contribution in [2.45, 2.75) is 102 Å². The highest BCUT2D eigenvalue weighted by Crippen LogP contribution is 2.39. The molecule has 0 unspecified atom stereocenters. The van der Waals surface area contributed by atoms with Gasteiger partial charge in [-0.15, -0.1) is 0 Å². The van der Waals surface area contributed by atoms with E-state index in [1.807, 2.05) is 69.3 Å². The van der Waals surface area contributed by atoms with Gasteiger partial charge in [0.1, 0.15) is 17.5 Å². The maximum absolute atomic E-state index is 14.1. The number of hydrogen-bond donors (Lipinski definition) is 5. The molecule has 1 aliphatic carbocycles. The molecule has 2 bridgehead atoms. The van der Waals surface area contributed by atoms with Gasteiger partial charge in [0.25, 0.3) is 5.91 Å². The second kappa shape index (κ2) is 17.2. The predicted molar refractivity (Wildman–Crippen MR) is 206 cm³/mol. The van der Waals surface area contributed by atoms with Crippen LogP contribution >= 0.6 is 0 Å². The Kier molecular flexibility index (Phi) is 12.4. The molecule has 1 saturated carbocycles. The Hall–Kier alpha value is -4.68. The van der Waals surface area contributed by atoms with Gasteiger partial charge in [-0.25, -0.2) is 0 Å². The lowest BCUT2D eigenvalue weighted by Gasteiger charge is -2.47. The lowest BCUT2D eigenvalue weighted by atomic mass is 9.72. The Labute approximate surface area is 317 Å². The molecular weight excluding hydrogens is 686 g/mol. The number of primary amides is 1. The normalized spacial score (nSPS) is 25.0. The molecule has 54 heavy (non-hydrogen) atoms. The van der Waals surface area contributed by atoms with Crippen LogP contribution in [0.25, 0.3) is 10.8 Å². The van der Waals surface area contributed by atoms with E-state index in [-0.39, 0.29) is 31.0 Å². The number of nitrogens with zero attached hydrogens (tertiary/aromatic N) is 1. The van der Waals surface area contributed by atoms with Crippen molar-refractivity contribution in [1.29, 1.82) is 0 Å². The minimum atomic E-state index is -1.33. The first kappa shape index (κ1) is 39.0. The second-order valence-corrected chi connectivity index (χ2v) is 16.2. The summed E-state index contributed by atoms with van der Waals surface area (Å²) in [6.45, 7) is 7.35. The van der Waals surface area contributed by atoms with Gasteiger partial charge in [0.2, 0.25) is 17.7 Å². The Morgan fingerprint density at radius 3 is 2.33 bits per heavy atom. The fraction of sp³-hybridized carbons (Fsp3) is 0.524. The van der Waals surface area contributed by atoms with Crippen LogP contribution in [0.1, 0.15) is 81.6 Å². The molecule has 3 aromatic rings. The topological polar surface area (TPSA) is 172 Å². The molecule has 3 aliphatic heterocycles. The molecule has 4 aliphatic rings. The van der Waals surface area contributed by atoms with Crippen molar-refractivity contribution in [2.24, 2.45) is 17.6 Å². The Bertz CT molecular complexity index is 1810. The van der Waals surface area contributed by atoms with Gasteiger partial charge >= 0.3 is 0 Å². The molecule has 3 heterocycles. The number of β-amino-alcohol motifs (C(OH)–C–C–N with tert-alkyl or cyclic N) is 1. The summed E-state index contributed by atoms with van der Waals surface area (Å²) >= 11 is 0. The molecule has 1 saturated heterocycles. The van der Waals surface area contributed by atoms with Crippen LogP contribution in [0.15, 0.2) is 60.7 Å². The van der Waals surface area contributed by atoms with Gasteiger partial charge < -0.3 is 36.3 Å². The van der Waals surface area contributed by atoms with Crippen molar-refractivity contribution in [3.63, 3.8) is 0 Å². The first-order chi connectivity index (χ1) is 25.8. The monoisotopic (exact) mass is 741 g/mol. The molecular formula is C42H55N5O7. The summed E-state index contributed by atoms with van der Waals surface area (Å²) in [4.78, 5) is 56.1. The highest BCUT2D eigenvalue weighted by Gasteiger charge is 2.42. The summed E-state index contributed by atoms with van der Waals surface area (Å²) < 4.78 is 12.1. The van der Waals surface area contributed by atoms with E-state index in [0.717, 1.165) is 42.0 Å². The van der Waals surface area contributed by atoms with Gasteiger partial charge in [-0.3, -0.25) is 24.1 Å². The van der Waals surface area contributed by atoms with E-state index in [1.54, 1.807) is 12.1 Å². The molecule has 2 fully saturated rings. The van der Waals surface area contributed by atoms with Gasteiger partial charge in [-0.2, -0.15) is 0 Å². The number of ether oxygens (including phenoxy) is 2. The number of piperidine rings is 1. The smallest absolute Gasteiger partial charge is 0.255 e. The van der Waals surface area contributed by atoms with Crippen molar-refractivity contribution in [2.75, 3.05) is 26.3 Å². The lowest BCUT2D eigenvalue weighted by Crippen LogP contribution is -2.61. The molecule has 6 N–H and O–H groups in total. The van der Waals surface area contributed by atoms with E-state index < -0.39 is 53.9 Å². The van der Waals surface area contributed by atoms with Crippen LogP contribution in [0.4, 0.5) is 0 Å². The number of nitrogens with one attached hydrogen (secondary N) is 3. The first-order valence-electron chi connectivity index (χ1n) is 19.3. The van der Waals surface area contributed by atoms with Crippen LogP contribution in [0.5, 0.6) is 11.5 Å². The van der Waals surface area contributed by atoms with Crippen LogP contribution < -0.4 is 31.2 Å². The molecule has 12 heteroatoms. The number of carbonyl (C=O) groups excluding carboxylic acids is 4. The average molecular weight is 742 g/mol. The van der Waals surface area contributed by atoms with E-state index in [2.05, 4.69) is 20.9 Å². The van der Waals surface area contributed by atoms with Crippen LogP contribution in [0, 0.1) is 11.8 Å². The highest BCUT2D eigenvalue weighted by atomic mass is 16.5. The number of nitrogens with two attached hydrogens (primary N) is 1. The van der Waals surface area contributed by atoms with Crippen molar-refractivity contribution in [3.8, 4) is 11.5 Å². The average Bonchev–Trinajstić information content (AvgIpc) is 3.12. The maximum Gasteiger partial charge on any atom is 0.255 e. The zero-order valence-electron chi connectivity index (χ0n) is 31.6. The number of amides is 4. The van der Waals surface area contributed by atoms with Crippen LogP contribution in [0.3, 0.4) is 0 Å². The van der Waals surface area contributed by atoms with Crippen molar-refractivity contribution >= 4 is 34.4 Å². The molecule has 0 aromatic heterocycles. The molecule has 4 amide bonds. The molecule has 0 radical (unpaired) electrons. The van der Waals surface area contributed by atoms with E-state index in [9.17, 15) is 24.3 Å².